The van der Waals surface area contributed by atoms with E-state index in [4.69, 9.17) is 4.74 Å². The average Bonchev–Trinajstić information content (AvgIpc) is 2.27. The Balaban J connectivity index is 2.37. The van der Waals surface area contributed by atoms with Gasteiger partial charge in [0.25, 0.3) is 0 Å². The fraction of sp³-hybridized carbons (Fsp3) is 0.750. The summed E-state index contributed by atoms with van der Waals surface area (Å²) in [6, 6.07) is 0. The molecule has 1 heterocycles. The fourth-order valence-corrected chi connectivity index (χ4v) is 1.93. The van der Waals surface area contributed by atoms with Crippen LogP contribution in [0.15, 0.2) is 12.2 Å². The Morgan fingerprint density at radius 1 is 1.60 bits per heavy atom. The molecule has 0 unspecified atom stereocenters. The third-order valence-electron chi connectivity index (χ3n) is 2.72. The minimum absolute atomic E-state index is 0.0253. The Hall–Kier alpha value is -0.830. The molecule has 0 radical (unpaired) electrons. The number of esters is 1. The lowest BCUT2D eigenvalue weighted by atomic mass is 9.98. The van der Waals surface area contributed by atoms with Crippen molar-refractivity contribution in [1.82, 2.24) is 4.90 Å². The molecule has 1 saturated heterocycles. The van der Waals surface area contributed by atoms with Gasteiger partial charge in [-0.25, -0.2) is 0 Å². The molecule has 1 aliphatic heterocycles. The Bertz CT molecular complexity index is 226. The maximum absolute atomic E-state index is 11.6. The highest BCUT2D eigenvalue weighted by Gasteiger charge is 2.25. The van der Waals surface area contributed by atoms with Crippen molar-refractivity contribution in [3.8, 4) is 0 Å². The molecular formula is C12H21NO2. The van der Waals surface area contributed by atoms with Gasteiger partial charge >= 0.3 is 5.97 Å². The standard InChI is InChI=1S/C12H21NO2/c1-3-5-8-13-9-6-7-11(10-13)12(14)15-4-2/h3,5,11H,4,6-10H2,1-2H3/b5-3+/t11-/m1/s1. The molecule has 15 heavy (non-hydrogen) atoms. The molecule has 0 spiro atoms. The van der Waals surface area contributed by atoms with Crippen molar-refractivity contribution in [3.63, 3.8) is 0 Å². The summed E-state index contributed by atoms with van der Waals surface area (Å²) in [5.74, 6) is 0.0617. The fourth-order valence-electron chi connectivity index (χ4n) is 1.93. The molecular weight excluding hydrogens is 190 g/mol. The zero-order valence-electron chi connectivity index (χ0n) is 9.74. The zero-order valence-corrected chi connectivity index (χ0v) is 9.74. The summed E-state index contributed by atoms with van der Waals surface area (Å²) >= 11 is 0. The maximum atomic E-state index is 11.6. The van der Waals surface area contributed by atoms with Crippen molar-refractivity contribution in [2.45, 2.75) is 26.7 Å². The van der Waals surface area contributed by atoms with E-state index in [0.29, 0.717) is 6.61 Å². The van der Waals surface area contributed by atoms with Gasteiger partial charge in [-0.15, -0.1) is 0 Å². The van der Waals surface area contributed by atoms with E-state index in [1.807, 2.05) is 19.9 Å². The van der Waals surface area contributed by atoms with Gasteiger partial charge in [-0.05, 0) is 33.2 Å². The molecule has 3 heteroatoms. The number of carbonyl (C=O) groups excluding carboxylic acids is 1. The van der Waals surface area contributed by atoms with E-state index in [1.54, 1.807) is 0 Å². The Morgan fingerprint density at radius 3 is 3.07 bits per heavy atom. The lowest BCUT2D eigenvalue weighted by molar-refractivity contribution is -0.149. The van der Waals surface area contributed by atoms with Crippen LogP contribution in [0.5, 0.6) is 0 Å². The molecule has 3 nitrogen and oxygen atoms in total. The van der Waals surface area contributed by atoms with E-state index >= 15 is 0 Å². The van der Waals surface area contributed by atoms with Crippen molar-refractivity contribution in [2.24, 2.45) is 5.92 Å². The number of hydrogen-bond acceptors (Lipinski definition) is 3. The second-order valence-electron chi connectivity index (χ2n) is 3.92. The van der Waals surface area contributed by atoms with Gasteiger partial charge in [0.15, 0.2) is 0 Å². The Morgan fingerprint density at radius 2 is 2.40 bits per heavy atom. The second kappa shape index (κ2) is 6.62. The first kappa shape index (κ1) is 12.2. The minimum atomic E-state index is -0.0253. The van der Waals surface area contributed by atoms with E-state index in [0.717, 1.165) is 32.5 Å². The number of allylic oxidation sites excluding steroid dienone is 1. The van der Waals surface area contributed by atoms with E-state index in [9.17, 15) is 4.79 Å². The van der Waals surface area contributed by atoms with E-state index in [2.05, 4.69) is 11.0 Å². The monoisotopic (exact) mass is 211 g/mol. The van der Waals surface area contributed by atoms with Gasteiger partial charge in [0.1, 0.15) is 0 Å². The molecule has 0 aromatic heterocycles. The van der Waals surface area contributed by atoms with Gasteiger partial charge in [0.2, 0.25) is 0 Å². The van der Waals surface area contributed by atoms with Gasteiger partial charge < -0.3 is 4.74 Å². The number of rotatable bonds is 4. The van der Waals surface area contributed by atoms with Crippen LogP contribution in [-0.2, 0) is 9.53 Å². The predicted molar refractivity (Wildman–Crippen MR) is 60.6 cm³/mol. The van der Waals surface area contributed by atoms with Crippen LogP contribution in [0.2, 0.25) is 0 Å². The molecule has 0 bridgehead atoms. The number of likely N-dealkylation sites (tertiary alicyclic amines) is 1. The minimum Gasteiger partial charge on any atom is -0.466 e. The Labute approximate surface area is 92.1 Å². The maximum Gasteiger partial charge on any atom is 0.310 e. The van der Waals surface area contributed by atoms with Crippen LogP contribution in [0.25, 0.3) is 0 Å². The first-order chi connectivity index (χ1) is 7.27. The highest BCUT2D eigenvalue weighted by molar-refractivity contribution is 5.72. The molecule has 86 valence electrons. The van der Waals surface area contributed by atoms with E-state index < -0.39 is 0 Å². The van der Waals surface area contributed by atoms with Crippen LogP contribution in [0.1, 0.15) is 26.7 Å². The summed E-state index contributed by atoms with van der Waals surface area (Å²) in [5.41, 5.74) is 0. The summed E-state index contributed by atoms with van der Waals surface area (Å²) in [6.45, 7) is 7.27. The summed E-state index contributed by atoms with van der Waals surface area (Å²) in [6.07, 6.45) is 6.26. The third kappa shape index (κ3) is 4.04. The van der Waals surface area contributed by atoms with Crippen molar-refractivity contribution < 1.29 is 9.53 Å². The molecule has 0 aromatic carbocycles. The van der Waals surface area contributed by atoms with Gasteiger partial charge in [-0.3, -0.25) is 9.69 Å². The van der Waals surface area contributed by atoms with Crippen LogP contribution >= 0.6 is 0 Å². The lowest BCUT2D eigenvalue weighted by Gasteiger charge is -2.30. The lowest BCUT2D eigenvalue weighted by Crippen LogP contribution is -2.39. The molecule has 1 aliphatic rings. The smallest absolute Gasteiger partial charge is 0.310 e. The second-order valence-corrected chi connectivity index (χ2v) is 3.92. The third-order valence-corrected chi connectivity index (χ3v) is 2.72. The number of ether oxygens (including phenoxy) is 1. The van der Waals surface area contributed by atoms with Crippen LogP contribution < -0.4 is 0 Å². The molecule has 0 saturated carbocycles. The van der Waals surface area contributed by atoms with Gasteiger partial charge in [-0.2, -0.15) is 0 Å². The molecule has 0 aromatic rings. The molecule has 0 aliphatic carbocycles. The van der Waals surface area contributed by atoms with Crippen molar-refractivity contribution in [1.29, 1.82) is 0 Å². The molecule has 1 fully saturated rings. The van der Waals surface area contributed by atoms with Gasteiger partial charge in [-0.1, -0.05) is 12.2 Å². The molecule has 0 N–H and O–H groups in total. The quantitative estimate of drug-likeness (QED) is 0.525. The first-order valence-electron chi connectivity index (χ1n) is 5.78. The number of carbonyl (C=O) groups is 1. The van der Waals surface area contributed by atoms with Crippen LogP contribution in [0.3, 0.4) is 0 Å². The summed E-state index contributed by atoms with van der Waals surface area (Å²) < 4.78 is 5.05. The SMILES string of the molecule is C/C=C/CN1CCC[C@@H](C(=O)OCC)C1. The van der Waals surface area contributed by atoms with Crippen LogP contribution in [0.4, 0.5) is 0 Å². The topological polar surface area (TPSA) is 29.5 Å². The van der Waals surface area contributed by atoms with Crippen LogP contribution in [-0.4, -0.2) is 37.1 Å². The highest BCUT2D eigenvalue weighted by Crippen LogP contribution is 2.17. The summed E-state index contributed by atoms with van der Waals surface area (Å²) in [7, 11) is 0. The first-order valence-corrected chi connectivity index (χ1v) is 5.78. The number of hydrogen-bond donors (Lipinski definition) is 0. The van der Waals surface area contributed by atoms with Crippen molar-refractivity contribution in [3.05, 3.63) is 12.2 Å². The van der Waals surface area contributed by atoms with E-state index in [-0.39, 0.29) is 11.9 Å². The van der Waals surface area contributed by atoms with Gasteiger partial charge in [0, 0.05) is 13.1 Å². The van der Waals surface area contributed by atoms with Crippen molar-refractivity contribution in [2.75, 3.05) is 26.2 Å². The van der Waals surface area contributed by atoms with E-state index in [1.165, 1.54) is 0 Å². The number of nitrogens with zero attached hydrogens (tertiary/aromatic N) is 1. The highest BCUT2D eigenvalue weighted by atomic mass is 16.5. The molecule has 0 amide bonds. The van der Waals surface area contributed by atoms with Crippen molar-refractivity contribution >= 4 is 5.97 Å². The average molecular weight is 211 g/mol. The van der Waals surface area contributed by atoms with Crippen LogP contribution in [0, 0.1) is 5.92 Å². The Kier molecular flexibility index (Phi) is 5.40. The summed E-state index contributed by atoms with van der Waals surface area (Å²) in [4.78, 5) is 13.9. The predicted octanol–water partition coefficient (Wildman–Crippen LogP) is 1.84. The normalized spacial score (nSPS) is 23.2. The zero-order chi connectivity index (χ0) is 11.1. The molecule has 1 atom stereocenters. The van der Waals surface area contributed by atoms with Gasteiger partial charge in [0.05, 0.1) is 12.5 Å². The molecule has 1 rings (SSSR count). The number of piperidine rings is 1. The summed E-state index contributed by atoms with van der Waals surface area (Å²) in [5, 5.41) is 0. The largest absolute Gasteiger partial charge is 0.466 e.